The summed E-state index contributed by atoms with van der Waals surface area (Å²) in [5.74, 6) is 1.15. The number of nitrogens with zero attached hydrogens (tertiary/aromatic N) is 5. The van der Waals surface area contributed by atoms with E-state index in [-0.39, 0.29) is 17.9 Å². The number of likely N-dealkylation sites (tertiary alicyclic amines) is 2. The second-order valence-electron chi connectivity index (χ2n) is 7.87. The van der Waals surface area contributed by atoms with Crippen LogP contribution in [0.1, 0.15) is 25.7 Å². The zero-order chi connectivity index (χ0) is 19.5. The van der Waals surface area contributed by atoms with E-state index in [4.69, 9.17) is 11.6 Å². The summed E-state index contributed by atoms with van der Waals surface area (Å²) in [6.07, 6.45) is 3.76. The van der Waals surface area contributed by atoms with Gasteiger partial charge in [0.2, 0.25) is 5.91 Å². The Hall–Kier alpha value is -2.02. The molecule has 0 radical (unpaired) electrons. The topological polar surface area (TPSA) is 60.0 Å². The molecule has 0 unspecified atom stereocenters. The molecule has 3 fully saturated rings. The highest BCUT2D eigenvalue weighted by molar-refractivity contribution is 6.29. The van der Waals surface area contributed by atoms with E-state index in [1.165, 1.54) is 0 Å². The summed E-state index contributed by atoms with van der Waals surface area (Å²) >= 11 is 5.99. The van der Waals surface area contributed by atoms with Crippen LogP contribution in [0.5, 0.6) is 0 Å². The summed E-state index contributed by atoms with van der Waals surface area (Å²) in [6.45, 7) is 6.10. The number of amides is 3. The van der Waals surface area contributed by atoms with Crippen molar-refractivity contribution in [2.24, 2.45) is 5.92 Å². The van der Waals surface area contributed by atoms with Crippen molar-refractivity contribution in [1.82, 2.24) is 19.7 Å². The molecule has 0 atom stereocenters. The quantitative estimate of drug-likeness (QED) is 0.708. The largest absolute Gasteiger partial charge is 0.353 e. The van der Waals surface area contributed by atoms with Crippen molar-refractivity contribution < 1.29 is 9.59 Å². The molecule has 3 aliphatic rings. The molecule has 4 rings (SSSR count). The number of piperazine rings is 1. The molecule has 4 heterocycles. The Morgan fingerprint density at radius 3 is 2.14 bits per heavy atom. The lowest BCUT2D eigenvalue weighted by Crippen LogP contribution is -2.53. The molecular weight excluding hydrogens is 378 g/mol. The summed E-state index contributed by atoms with van der Waals surface area (Å²) in [7, 11) is 0. The van der Waals surface area contributed by atoms with Crippen LogP contribution in [-0.2, 0) is 4.79 Å². The first-order valence-corrected chi connectivity index (χ1v) is 10.7. The molecule has 3 aliphatic heterocycles. The average Bonchev–Trinajstić information content (AvgIpc) is 3.28. The minimum Gasteiger partial charge on any atom is -0.353 e. The fourth-order valence-electron chi connectivity index (χ4n) is 4.41. The fraction of sp³-hybridized carbons (Fsp3) is 0.650. The number of hydrogen-bond acceptors (Lipinski definition) is 4. The van der Waals surface area contributed by atoms with Gasteiger partial charge in [0.25, 0.3) is 0 Å². The molecule has 0 bridgehead atoms. The smallest absolute Gasteiger partial charge is 0.319 e. The molecule has 3 saturated heterocycles. The third-order valence-electron chi connectivity index (χ3n) is 6.11. The lowest BCUT2D eigenvalue weighted by Gasteiger charge is -2.39. The molecule has 0 spiro atoms. The molecule has 152 valence electrons. The van der Waals surface area contributed by atoms with Crippen LogP contribution in [0.3, 0.4) is 0 Å². The predicted octanol–water partition coefficient (Wildman–Crippen LogP) is 2.31. The summed E-state index contributed by atoms with van der Waals surface area (Å²) in [5, 5.41) is 0.492. The second kappa shape index (κ2) is 8.55. The van der Waals surface area contributed by atoms with Gasteiger partial charge in [0.05, 0.1) is 0 Å². The highest BCUT2D eigenvalue weighted by Gasteiger charge is 2.33. The molecule has 1 aromatic heterocycles. The summed E-state index contributed by atoms with van der Waals surface area (Å²) in [6, 6.07) is 5.78. The number of hydrogen-bond donors (Lipinski definition) is 0. The van der Waals surface area contributed by atoms with Gasteiger partial charge in [-0.25, -0.2) is 9.78 Å². The molecule has 0 saturated carbocycles. The first-order valence-electron chi connectivity index (χ1n) is 10.3. The van der Waals surface area contributed by atoms with E-state index >= 15 is 0 Å². The van der Waals surface area contributed by atoms with Crippen molar-refractivity contribution in [1.29, 1.82) is 0 Å². The monoisotopic (exact) mass is 405 g/mol. The van der Waals surface area contributed by atoms with Gasteiger partial charge in [-0.2, -0.15) is 0 Å². The number of urea groups is 1. The zero-order valence-electron chi connectivity index (χ0n) is 16.2. The van der Waals surface area contributed by atoms with Gasteiger partial charge in [-0.15, -0.1) is 0 Å². The molecular formula is C20H28ClN5O2. The second-order valence-corrected chi connectivity index (χ2v) is 8.26. The lowest BCUT2D eigenvalue weighted by molar-refractivity contribution is -0.137. The van der Waals surface area contributed by atoms with Gasteiger partial charge in [-0.1, -0.05) is 17.7 Å². The molecule has 8 heteroatoms. The van der Waals surface area contributed by atoms with Crippen LogP contribution in [0.2, 0.25) is 5.15 Å². The number of pyridine rings is 1. The Balaban J connectivity index is 1.25. The van der Waals surface area contributed by atoms with Crippen molar-refractivity contribution in [2.45, 2.75) is 25.7 Å². The Labute approximate surface area is 171 Å². The predicted molar refractivity (Wildman–Crippen MR) is 109 cm³/mol. The molecule has 28 heavy (non-hydrogen) atoms. The van der Waals surface area contributed by atoms with E-state index in [2.05, 4.69) is 9.88 Å². The summed E-state index contributed by atoms with van der Waals surface area (Å²) in [5.41, 5.74) is 0. The van der Waals surface area contributed by atoms with Crippen molar-refractivity contribution >= 4 is 29.4 Å². The van der Waals surface area contributed by atoms with E-state index in [1.54, 1.807) is 6.07 Å². The average molecular weight is 406 g/mol. The Morgan fingerprint density at radius 2 is 1.50 bits per heavy atom. The Morgan fingerprint density at radius 1 is 0.857 bits per heavy atom. The third-order valence-corrected chi connectivity index (χ3v) is 6.32. The number of piperidine rings is 1. The van der Waals surface area contributed by atoms with Gasteiger partial charge in [0.15, 0.2) is 0 Å². The minimum absolute atomic E-state index is 0.0403. The van der Waals surface area contributed by atoms with E-state index in [0.717, 1.165) is 57.7 Å². The SMILES string of the molecule is O=C(C1CCN(C(=O)N2CCCC2)CC1)N1CCN(c2cccc(Cl)n2)CC1. The van der Waals surface area contributed by atoms with Gasteiger partial charge >= 0.3 is 6.03 Å². The van der Waals surface area contributed by atoms with Crippen LogP contribution in [0.25, 0.3) is 0 Å². The standard InChI is InChI=1S/C20H28ClN5O2/c21-17-4-3-5-18(22-17)23-12-14-24(15-13-23)19(27)16-6-10-26(11-7-16)20(28)25-8-1-2-9-25/h3-5,16H,1-2,6-15H2. The van der Waals surface area contributed by atoms with E-state index < -0.39 is 0 Å². The van der Waals surface area contributed by atoms with Crippen molar-refractivity contribution in [3.8, 4) is 0 Å². The van der Waals surface area contributed by atoms with E-state index in [1.807, 2.05) is 26.8 Å². The van der Waals surface area contributed by atoms with Gasteiger partial charge in [-0.3, -0.25) is 4.79 Å². The number of aromatic nitrogens is 1. The van der Waals surface area contributed by atoms with Crippen molar-refractivity contribution in [3.63, 3.8) is 0 Å². The molecule has 1 aromatic rings. The highest BCUT2D eigenvalue weighted by Crippen LogP contribution is 2.23. The highest BCUT2D eigenvalue weighted by atomic mass is 35.5. The number of anilines is 1. The number of carbonyl (C=O) groups is 2. The first-order chi connectivity index (χ1) is 13.6. The van der Waals surface area contributed by atoms with Gasteiger partial charge in [-0.05, 0) is 37.8 Å². The number of carbonyl (C=O) groups excluding carboxylic acids is 2. The maximum Gasteiger partial charge on any atom is 0.319 e. The Kier molecular flexibility index (Phi) is 5.90. The van der Waals surface area contributed by atoms with Crippen LogP contribution >= 0.6 is 11.6 Å². The number of halogens is 1. The zero-order valence-corrected chi connectivity index (χ0v) is 17.0. The fourth-order valence-corrected chi connectivity index (χ4v) is 4.57. The van der Waals surface area contributed by atoms with Crippen LogP contribution < -0.4 is 4.90 Å². The lowest BCUT2D eigenvalue weighted by atomic mass is 9.95. The van der Waals surface area contributed by atoms with Gasteiger partial charge in [0, 0.05) is 58.3 Å². The van der Waals surface area contributed by atoms with Crippen LogP contribution in [0.4, 0.5) is 10.6 Å². The van der Waals surface area contributed by atoms with Crippen molar-refractivity contribution in [3.05, 3.63) is 23.4 Å². The Bertz CT molecular complexity index is 708. The molecule has 0 aromatic carbocycles. The first kappa shape index (κ1) is 19.3. The van der Waals surface area contributed by atoms with E-state index in [9.17, 15) is 9.59 Å². The summed E-state index contributed by atoms with van der Waals surface area (Å²) < 4.78 is 0. The number of rotatable bonds is 2. The van der Waals surface area contributed by atoms with E-state index in [0.29, 0.717) is 31.3 Å². The van der Waals surface area contributed by atoms with Crippen LogP contribution in [0, 0.1) is 5.92 Å². The van der Waals surface area contributed by atoms with Crippen molar-refractivity contribution in [2.75, 3.05) is 57.3 Å². The maximum atomic E-state index is 12.9. The normalized spacial score (nSPS) is 21.3. The maximum absolute atomic E-state index is 12.9. The minimum atomic E-state index is 0.0403. The van der Waals surface area contributed by atoms with Crippen LogP contribution in [-0.4, -0.2) is 84.0 Å². The summed E-state index contributed by atoms with van der Waals surface area (Å²) in [4.78, 5) is 37.8. The van der Waals surface area contributed by atoms with Crippen LogP contribution in [0.15, 0.2) is 18.2 Å². The molecule has 0 N–H and O–H groups in total. The molecule has 3 amide bonds. The molecule has 0 aliphatic carbocycles. The van der Waals surface area contributed by atoms with Gasteiger partial charge in [0.1, 0.15) is 11.0 Å². The molecule has 7 nitrogen and oxygen atoms in total. The third kappa shape index (κ3) is 4.19. The van der Waals surface area contributed by atoms with Gasteiger partial charge < -0.3 is 19.6 Å².